The lowest BCUT2D eigenvalue weighted by Crippen LogP contribution is -2.55. The molecule has 0 amide bonds. The highest BCUT2D eigenvalue weighted by Crippen LogP contribution is 2.66. The number of phosphoric ester groups is 1. The fourth-order valence-electron chi connectivity index (χ4n) is 2.85. The molecule has 6 atom stereocenters. The first-order valence-electron chi connectivity index (χ1n) is 8.22. The molecule has 184 valence electrons. The van der Waals surface area contributed by atoms with Crippen molar-refractivity contribution in [2.24, 2.45) is 5.73 Å². The smallest absolute Gasteiger partial charge is 0.387 e. The third-order valence-electron chi connectivity index (χ3n) is 4.24. The Balaban J connectivity index is 2.28. The molecule has 9 N–H and O–H groups in total. The first-order valence-corrected chi connectivity index (χ1v) is 12.7. The van der Waals surface area contributed by atoms with Gasteiger partial charge in [-0.15, -0.1) is 0 Å². The Morgan fingerprint density at radius 1 is 1.19 bits per heavy atom. The maximum Gasteiger partial charge on any atom is 0.490 e. The van der Waals surface area contributed by atoms with Crippen LogP contribution in [0, 0.1) is 0 Å². The molecule has 32 heavy (non-hydrogen) atoms. The Labute approximate surface area is 177 Å². The molecule has 1 fully saturated rings. The Kier molecular flexibility index (Phi) is 7.59. The monoisotopic (exact) mass is 527 g/mol. The predicted octanol–water partition coefficient (Wildman–Crippen LogP) is -2.78. The minimum Gasteiger partial charge on any atom is -0.387 e. The van der Waals surface area contributed by atoms with Gasteiger partial charge in [0.15, 0.2) is 6.23 Å². The summed E-state index contributed by atoms with van der Waals surface area (Å²) in [5.41, 5.74) is -0.768. The van der Waals surface area contributed by atoms with Gasteiger partial charge in [-0.2, -0.15) is 8.62 Å². The van der Waals surface area contributed by atoms with Gasteiger partial charge in [0.05, 0.1) is 6.61 Å². The molecule has 0 aromatic carbocycles. The van der Waals surface area contributed by atoms with Gasteiger partial charge < -0.3 is 40.3 Å². The fraction of sp³-hybridized carbons (Fsp3) is 0.636. The molecule has 0 radical (unpaired) electrons. The highest BCUT2D eigenvalue weighted by molar-refractivity contribution is 7.66. The quantitative estimate of drug-likeness (QED) is 0.151. The number of H-pyrrole nitrogens is 1. The minimum absolute atomic E-state index is 0.687. The summed E-state index contributed by atoms with van der Waals surface area (Å²) in [6.07, 6.45) is -2.77. The van der Waals surface area contributed by atoms with Gasteiger partial charge in [0.1, 0.15) is 17.3 Å². The average Bonchev–Trinajstić information content (AvgIpc) is 2.78. The number of aliphatic hydroxyl groups excluding tert-OH is 1. The lowest BCUT2D eigenvalue weighted by Gasteiger charge is -2.32. The van der Waals surface area contributed by atoms with Gasteiger partial charge in [-0.1, -0.05) is 0 Å². The van der Waals surface area contributed by atoms with Gasteiger partial charge in [-0.3, -0.25) is 18.9 Å². The van der Waals surface area contributed by atoms with Crippen molar-refractivity contribution >= 4 is 23.5 Å². The first kappa shape index (κ1) is 27.2. The van der Waals surface area contributed by atoms with E-state index in [4.69, 9.17) is 20.3 Å². The zero-order valence-corrected chi connectivity index (χ0v) is 18.6. The van der Waals surface area contributed by atoms with Crippen molar-refractivity contribution in [1.82, 2.24) is 9.55 Å². The highest BCUT2D eigenvalue weighted by atomic mass is 31.3. The van der Waals surface area contributed by atoms with Crippen molar-refractivity contribution in [2.45, 2.75) is 30.5 Å². The molecule has 1 aromatic heterocycles. The van der Waals surface area contributed by atoms with Gasteiger partial charge in [-0.25, -0.2) is 18.5 Å². The Hall–Kier alpha value is -1.07. The van der Waals surface area contributed by atoms with Crippen LogP contribution in [0.4, 0.5) is 0 Å². The van der Waals surface area contributed by atoms with Crippen molar-refractivity contribution in [3.8, 4) is 0 Å². The van der Waals surface area contributed by atoms with E-state index in [1.807, 2.05) is 4.98 Å². The largest absolute Gasteiger partial charge is 0.490 e. The van der Waals surface area contributed by atoms with E-state index in [1.165, 1.54) is 0 Å². The number of rotatable bonds is 9. The summed E-state index contributed by atoms with van der Waals surface area (Å²) in [5.74, 6) is 0. The summed E-state index contributed by atoms with van der Waals surface area (Å²) in [6, 6.07) is 0.904. The molecule has 18 nitrogen and oxygen atoms in total. The maximum absolute atomic E-state index is 12.0. The molecule has 2 heterocycles. The second kappa shape index (κ2) is 8.94. The van der Waals surface area contributed by atoms with Crippen LogP contribution in [-0.2, 0) is 31.6 Å². The number of hydrogen-bond donors (Lipinski definition) is 8. The van der Waals surface area contributed by atoms with Crippen LogP contribution < -0.4 is 17.0 Å². The van der Waals surface area contributed by atoms with Crippen LogP contribution in [0.15, 0.2) is 21.9 Å². The Bertz CT molecular complexity index is 1110. The molecule has 0 spiro atoms. The summed E-state index contributed by atoms with van der Waals surface area (Å²) in [5, 5.41) is 21.2. The van der Waals surface area contributed by atoms with Crippen LogP contribution in [0.3, 0.4) is 0 Å². The Morgan fingerprint density at radius 2 is 1.78 bits per heavy atom. The van der Waals surface area contributed by atoms with Crippen molar-refractivity contribution in [3.63, 3.8) is 0 Å². The molecule has 2 rings (SSSR count). The molecule has 21 heteroatoms. The fourth-order valence-corrected chi connectivity index (χ4v) is 5.93. The molecule has 0 bridgehead atoms. The molecule has 0 saturated carbocycles. The second-order valence-corrected chi connectivity index (χ2v) is 11.2. The summed E-state index contributed by atoms with van der Waals surface area (Å²) in [7, 11) is -17.0. The van der Waals surface area contributed by atoms with Gasteiger partial charge in [0.25, 0.3) is 5.56 Å². The van der Waals surface area contributed by atoms with E-state index in [1.54, 1.807) is 0 Å². The third-order valence-corrected chi connectivity index (χ3v) is 8.02. The molecule has 0 aliphatic carbocycles. The maximum atomic E-state index is 12.0. The van der Waals surface area contributed by atoms with Crippen molar-refractivity contribution in [3.05, 3.63) is 33.1 Å². The van der Waals surface area contributed by atoms with E-state index in [-0.39, 0.29) is 0 Å². The standard InChI is InChI=1S/C11H20N3O15P3/c1-10(18)7(16)11(4-12,27-8(10)14-3-2-6(15)13-9(14)17)5-26-31(22,23)29-32(24,25)28-30(19,20)21/h2-3,7-8,16,18H,4-5,12H2,1H3,(H,22,23)(H,24,25)(H,13,15,17)(H2,19,20,21)/t7-,8+,10+,11+/m0/s1. The van der Waals surface area contributed by atoms with Crippen molar-refractivity contribution in [1.29, 1.82) is 0 Å². The highest BCUT2D eigenvalue weighted by Gasteiger charge is 2.62. The molecule has 1 aliphatic heterocycles. The molecule has 1 aromatic rings. The third kappa shape index (κ3) is 6.08. The minimum atomic E-state index is -5.80. The van der Waals surface area contributed by atoms with Crippen LogP contribution in [0.1, 0.15) is 13.2 Å². The van der Waals surface area contributed by atoms with Crippen LogP contribution in [-0.4, -0.2) is 69.8 Å². The number of ether oxygens (including phenoxy) is 1. The molecular weight excluding hydrogens is 507 g/mol. The number of phosphoric acid groups is 3. The van der Waals surface area contributed by atoms with Crippen LogP contribution in [0.5, 0.6) is 0 Å². The predicted molar refractivity (Wildman–Crippen MR) is 99.7 cm³/mol. The summed E-state index contributed by atoms with van der Waals surface area (Å²) in [4.78, 5) is 61.0. The Morgan fingerprint density at radius 3 is 2.28 bits per heavy atom. The van der Waals surface area contributed by atoms with Gasteiger partial charge in [0.2, 0.25) is 0 Å². The summed E-state index contributed by atoms with van der Waals surface area (Å²) >= 11 is 0. The van der Waals surface area contributed by atoms with Crippen molar-refractivity contribution in [2.75, 3.05) is 13.2 Å². The van der Waals surface area contributed by atoms with E-state index < -0.39 is 71.4 Å². The number of aliphatic hydroxyl groups is 2. The van der Waals surface area contributed by atoms with Crippen LogP contribution in [0.25, 0.3) is 0 Å². The van der Waals surface area contributed by atoms with E-state index >= 15 is 0 Å². The molecular formula is C11H20N3O15P3. The van der Waals surface area contributed by atoms with Crippen LogP contribution >= 0.6 is 23.5 Å². The van der Waals surface area contributed by atoms with Crippen LogP contribution in [0.2, 0.25) is 0 Å². The van der Waals surface area contributed by atoms with E-state index in [2.05, 4.69) is 13.1 Å². The number of nitrogens with zero attached hydrogens (tertiary/aromatic N) is 1. The zero-order chi connectivity index (χ0) is 24.8. The lowest BCUT2D eigenvalue weighted by atomic mass is 9.88. The van der Waals surface area contributed by atoms with E-state index in [0.717, 1.165) is 19.2 Å². The molecule has 1 aliphatic rings. The average molecular weight is 527 g/mol. The van der Waals surface area contributed by atoms with Gasteiger partial charge in [0, 0.05) is 18.8 Å². The SMILES string of the molecule is C[C@@]1(O)[C@H](O)[C@@](CN)(COP(=O)(O)OP(=O)(O)OP(=O)(O)O)O[C@H]1n1ccc(=O)[nH]c1=O. The number of aromatic amines is 1. The number of nitrogens with two attached hydrogens (primary N) is 1. The van der Waals surface area contributed by atoms with Crippen molar-refractivity contribution < 1.29 is 61.4 Å². The number of aromatic nitrogens is 2. The van der Waals surface area contributed by atoms with E-state index in [0.29, 0.717) is 4.57 Å². The molecule has 1 saturated heterocycles. The van der Waals surface area contributed by atoms with Gasteiger partial charge in [-0.05, 0) is 6.92 Å². The topological polar surface area (TPSA) is 290 Å². The number of hydrogen-bond acceptors (Lipinski definition) is 12. The van der Waals surface area contributed by atoms with Gasteiger partial charge >= 0.3 is 29.2 Å². The molecule has 2 unspecified atom stereocenters. The zero-order valence-electron chi connectivity index (χ0n) is 15.9. The second-order valence-electron chi connectivity index (χ2n) is 6.75. The summed E-state index contributed by atoms with van der Waals surface area (Å²) in [6.45, 7) is -0.893. The normalized spacial score (nSPS) is 32.4. The lowest BCUT2D eigenvalue weighted by molar-refractivity contribution is -0.125. The first-order chi connectivity index (χ1) is 14.3. The number of nitrogens with one attached hydrogen (secondary N) is 1. The van der Waals surface area contributed by atoms with E-state index in [9.17, 15) is 43.3 Å². The summed E-state index contributed by atoms with van der Waals surface area (Å²) < 4.78 is 51.7.